The summed E-state index contributed by atoms with van der Waals surface area (Å²) in [6.45, 7) is 3.39. The zero-order valence-electron chi connectivity index (χ0n) is 19.3. The fourth-order valence-electron chi connectivity index (χ4n) is 7.44. The van der Waals surface area contributed by atoms with Crippen molar-refractivity contribution in [3.8, 4) is 0 Å². The Hall–Kier alpha value is -2.21. The molecule has 3 fully saturated rings. The van der Waals surface area contributed by atoms with E-state index in [0.717, 1.165) is 49.5 Å². The van der Waals surface area contributed by atoms with Crippen LogP contribution in [0.1, 0.15) is 68.9 Å². The Bertz CT molecular complexity index is 969. The lowest BCUT2D eigenvalue weighted by molar-refractivity contribution is -0.127. The number of aliphatic hydroxyl groups is 1. The van der Waals surface area contributed by atoms with E-state index >= 15 is 0 Å². The summed E-state index contributed by atoms with van der Waals surface area (Å²) in [7, 11) is 0. The molecule has 0 bridgehead atoms. The van der Waals surface area contributed by atoms with Gasteiger partial charge in [-0.2, -0.15) is 0 Å². The molecule has 3 aliphatic carbocycles. The minimum absolute atomic E-state index is 0.00339. The Morgan fingerprint density at radius 3 is 2.82 bits per heavy atom. The average molecular weight is 456 g/mol. The molecule has 1 heterocycles. The number of aliphatic hydroxyl groups excluding tert-OH is 1. The minimum Gasteiger partial charge on any atom is -0.515 e. The maximum absolute atomic E-state index is 14.5. The molecule has 4 aliphatic rings. The Morgan fingerprint density at radius 1 is 1.27 bits per heavy atom. The first-order chi connectivity index (χ1) is 15.9. The van der Waals surface area contributed by atoms with E-state index in [1.54, 1.807) is 6.07 Å². The van der Waals surface area contributed by atoms with E-state index in [0.29, 0.717) is 38.0 Å². The Kier molecular flexibility index (Phi) is 6.06. The predicted octanol–water partition coefficient (Wildman–Crippen LogP) is 4.60. The molecule has 1 amide bonds. The van der Waals surface area contributed by atoms with Crippen LogP contribution >= 0.6 is 0 Å². The van der Waals surface area contributed by atoms with Crippen LogP contribution in [-0.4, -0.2) is 36.1 Å². The number of halogens is 1. The van der Waals surface area contributed by atoms with Gasteiger partial charge in [0.25, 0.3) is 0 Å². The van der Waals surface area contributed by atoms with E-state index < -0.39 is 5.41 Å². The minimum atomic E-state index is -0.525. The number of Topliss-reactive ketones (excluding diaryl/α,β-unsaturated/α-hetero) is 1. The number of amides is 1. The summed E-state index contributed by atoms with van der Waals surface area (Å²) >= 11 is 0. The number of hydrogen-bond donors (Lipinski definition) is 2. The zero-order chi connectivity index (χ0) is 23.2. The second-order valence-electron chi connectivity index (χ2n) is 10.6. The van der Waals surface area contributed by atoms with Crippen LogP contribution < -0.4 is 5.32 Å². The number of carbonyl (C=O) groups is 2. The molecule has 0 radical (unpaired) electrons. The summed E-state index contributed by atoms with van der Waals surface area (Å²) < 4.78 is 19.9. The molecule has 2 N–H and O–H groups in total. The Labute approximate surface area is 194 Å². The van der Waals surface area contributed by atoms with Crippen molar-refractivity contribution in [2.24, 2.45) is 23.2 Å². The highest BCUT2D eigenvalue weighted by Gasteiger charge is 2.60. The monoisotopic (exact) mass is 455 g/mol. The number of nitrogens with one attached hydrogen (secondary N) is 1. The van der Waals surface area contributed by atoms with Gasteiger partial charge < -0.3 is 15.2 Å². The molecule has 2 saturated carbocycles. The van der Waals surface area contributed by atoms with E-state index in [2.05, 4.69) is 5.32 Å². The second kappa shape index (κ2) is 8.86. The van der Waals surface area contributed by atoms with Gasteiger partial charge >= 0.3 is 0 Å². The zero-order valence-corrected chi connectivity index (χ0v) is 19.3. The van der Waals surface area contributed by atoms with Crippen molar-refractivity contribution in [3.05, 3.63) is 47.0 Å². The van der Waals surface area contributed by atoms with Crippen molar-refractivity contribution in [1.29, 1.82) is 0 Å². The van der Waals surface area contributed by atoms with Crippen LogP contribution in [0.2, 0.25) is 0 Å². The highest BCUT2D eigenvalue weighted by molar-refractivity contribution is 6.03. The molecule has 5 rings (SSSR count). The summed E-state index contributed by atoms with van der Waals surface area (Å²) in [5, 5.41) is 13.2. The lowest BCUT2D eigenvalue weighted by atomic mass is 9.54. The Balaban J connectivity index is 1.38. The van der Waals surface area contributed by atoms with E-state index in [9.17, 15) is 19.1 Å². The van der Waals surface area contributed by atoms with Crippen LogP contribution in [0, 0.1) is 29.0 Å². The second-order valence-corrected chi connectivity index (χ2v) is 10.6. The molecule has 1 aromatic rings. The maximum Gasteiger partial charge on any atom is 0.220 e. The highest BCUT2D eigenvalue weighted by atomic mass is 19.1. The van der Waals surface area contributed by atoms with Crippen LogP contribution in [0.15, 0.2) is 30.0 Å². The summed E-state index contributed by atoms with van der Waals surface area (Å²) in [5.74, 6) is 0.316. The number of ketones is 1. The molecule has 33 heavy (non-hydrogen) atoms. The van der Waals surface area contributed by atoms with Gasteiger partial charge in [0.15, 0.2) is 5.78 Å². The van der Waals surface area contributed by atoms with Crippen LogP contribution in [0.5, 0.6) is 0 Å². The van der Waals surface area contributed by atoms with Crippen LogP contribution in [-0.2, 0) is 20.7 Å². The van der Waals surface area contributed by atoms with Gasteiger partial charge in [0.1, 0.15) is 5.82 Å². The number of carbonyl (C=O) groups excluding carboxylic acids is 2. The van der Waals surface area contributed by atoms with Gasteiger partial charge in [0.05, 0.1) is 6.26 Å². The third-order valence-electron chi connectivity index (χ3n) is 8.99. The first kappa shape index (κ1) is 22.6. The van der Waals surface area contributed by atoms with Crippen LogP contribution in [0.3, 0.4) is 0 Å². The summed E-state index contributed by atoms with van der Waals surface area (Å²) in [6.07, 6.45) is 6.65. The van der Waals surface area contributed by atoms with Gasteiger partial charge in [-0.15, -0.1) is 0 Å². The molecule has 1 aliphatic heterocycles. The predicted molar refractivity (Wildman–Crippen MR) is 122 cm³/mol. The summed E-state index contributed by atoms with van der Waals surface area (Å²) in [4.78, 5) is 26.1. The molecule has 1 saturated heterocycles. The highest BCUT2D eigenvalue weighted by Crippen LogP contribution is 2.63. The van der Waals surface area contributed by atoms with Gasteiger partial charge in [-0.1, -0.05) is 19.1 Å². The lowest BCUT2D eigenvalue weighted by Crippen LogP contribution is -2.44. The SMILES string of the molecule is C[C@]12CCC3c4cccc(F)c4CCC3C1[C@H](CCC(=O)NC1CCOCC1)/C(=C/O)C2=O. The van der Waals surface area contributed by atoms with Crippen molar-refractivity contribution in [3.63, 3.8) is 0 Å². The largest absolute Gasteiger partial charge is 0.515 e. The molecule has 178 valence electrons. The fraction of sp³-hybridized carbons (Fsp3) is 0.630. The smallest absolute Gasteiger partial charge is 0.220 e. The number of benzene rings is 1. The number of rotatable bonds is 4. The molecule has 1 aromatic carbocycles. The van der Waals surface area contributed by atoms with Gasteiger partial charge in [-0.05, 0) is 85.8 Å². The third-order valence-corrected chi connectivity index (χ3v) is 8.99. The molecule has 5 atom stereocenters. The van der Waals surface area contributed by atoms with Crippen molar-refractivity contribution < 1.29 is 23.8 Å². The van der Waals surface area contributed by atoms with E-state index in [4.69, 9.17) is 4.74 Å². The van der Waals surface area contributed by atoms with Crippen molar-refractivity contribution >= 4 is 11.7 Å². The molecule has 6 heteroatoms. The maximum atomic E-state index is 14.5. The molecular weight excluding hydrogens is 421 g/mol. The number of ether oxygens (including phenoxy) is 1. The standard InChI is InChI=1S/C27H34FNO4/c1-27-12-9-18-17-3-2-4-23(28)19(17)5-6-20(18)25(27)21(22(15-30)26(27)32)7-8-24(31)29-16-10-13-33-14-11-16/h2-4,15-16,18,20-21,25,30H,5-14H2,1H3,(H,29,31)/b22-15-/t18?,20?,21-,25?,27+/m1/s1. The van der Waals surface area contributed by atoms with Crippen LogP contribution in [0.4, 0.5) is 4.39 Å². The van der Waals surface area contributed by atoms with Crippen molar-refractivity contribution in [2.75, 3.05) is 13.2 Å². The fourth-order valence-corrected chi connectivity index (χ4v) is 7.44. The summed E-state index contributed by atoms with van der Waals surface area (Å²) in [5.41, 5.74) is 1.88. The van der Waals surface area contributed by atoms with E-state index in [1.807, 2.05) is 13.0 Å². The summed E-state index contributed by atoms with van der Waals surface area (Å²) in [6, 6.07) is 5.53. The molecule has 0 spiro atoms. The third kappa shape index (κ3) is 3.80. The topological polar surface area (TPSA) is 75.6 Å². The van der Waals surface area contributed by atoms with Gasteiger partial charge in [-0.3, -0.25) is 9.59 Å². The number of fused-ring (bicyclic) bond motifs is 5. The van der Waals surface area contributed by atoms with Crippen molar-refractivity contribution in [2.45, 2.75) is 70.3 Å². The first-order valence-corrected chi connectivity index (χ1v) is 12.5. The van der Waals surface area contributed by atoms with Gasteiger partial charge in [0, 0.05) is 36.7 Å². The Morgan fingerprint density at radius 2 is 2.06 bits per heavy atom. The quantitative estimate of drug-likeness (QED) is 0.514. The van der Waals surface area contributed by atoms with Gasteiger partial charge in [0.2, 0.25) is 5.91 Å². The molecule has 3 unspecified atom stereocenters. The normalized spacial score (nSPS) is 35.1. The number of allylic oxidation sites excluding steroid dienone is 1. The molecular formula is C27H34FNO4. The van der Waals surface area contributed by atoms with E-state index in [-0.39, 0.29) is 47.2 Å². The van der Waals surface area contributed by atoms with Gasteiger partial charge in [-0.25, -0.2) is 4.39 Å². The first-order valence-electron chi connectivity index (χ1n) is 12.5. The average Bonchev–Trinajstić information content (AvgIpc) is 3.04. The molecule has 5 nitrogen and oxygen atoms in total. The van der Waals surface area contributed by atoms with Crippen molar-refractivity contribution in [1.82, 2.24) is 5.32 Å². The lowest BCUT2D eigenvalue weighted by Gasteiger charge is -2.49. The van der Waals surface area contributed by atoms with Crippen LogP contribution in [0.25, 0.3) is 0 Å². The van der Waals surface area contributed by atoms with E-state index in [1.165, 1.54) is 6.07 Å². The molecule has 0 aromatic heterocycles. The number of hydrogen-bond acceptors (Lipinski definition) is 4.